The van der Waals surface area contributed by atoms with Crippen molar-refractivity contribution in [3.05, 3.63) is 59.4 Å². The second kappa shape index (κ2) is 19.5. The number of hydrogen-bond acceptors (Lipinski definition) is 5. The predicted molar refractivity (Wildman–Crippen MR) is 167 cm³/mol. The number of aromatic nitrogens is 1. The van der Waals surface area contributed by atoms with Crippen LogP contribution in [-0.4, -0.2) is 62.0 Å². The van der Waals surface area contributed by atoms with E-state index < -0.39 is 0 Å². The number of rotatable bonds is 21. The summed E-state index contributed by atoms with van der Waals surface area (Å²) in [7, 11) is 0. The molecule has 0 spiro atoms. The lowest BCUT2D eigenvalue weighted by atomic mass is 9.92. The van der Waals surface area contributed by atoms with Gasteiger partial charge in [0, 0.05) is 44.9 Å². The maximum Gasteiger partial charge on any atom is 0.127 e. The first-order valence-electron chi connectivity index (χ1n) is 16.5. The topological polar surface area (TPSA) is 51.1 Å². The Morgan fingerprint density at radius 3 is 1.83 bits per heavy atom. The van der Waals surface area contributed by atoms with E-state index in [0.29, 0.717) is 26.4 Å². The molecule has 0 amide bonds. The van der Waals surface area contributed by atoms with Crippen LogP contribution in [0, 0.1) is 0 Å². The molecule has 3 rings (SSSR count). The molecule has 1 aromatic heterocycles. The van der Waals surface area contributed by atoms with Gasteiger partial charge >= 0.3 is 0 Å². The van der Waals surface area contributed by atoms with Gasteiger partial charge in [-0.15, -0.1) is 0 Å². The summed E-state index contributed by atoms with van der Waals surface area (Å²) < 4.78 is 35.4. The van der Waals surface area contributed by atoms with Crippen molar-refractivity contribution in [2.45, 2.75) is 129 Å². The quantitative estimate of drug-likeness (QED) is 0.143. The molecule has 0 saturated carbocycles. The van der Waals surface area contributed by atoms with E-state index in [1.165, 1.54) is 11.1 Å². The fourth-order valence-corrected chi connectivity index (χ4v) is 5.30. The molecular weight excluding hydrogens is 514 g/mol. The number of nitrogens with zero attached hydrogens (tertiary/aromatic N) is 1. The highest BCUT2D eigenvalue weighted by atomic mass is 16.6. The molecule has 0 radical (unpaired) electrons. The van der Waals surface area contributed by atoms with Crippen LogP contribution in [0.5, 0.6) is 0 Å². The van der Waals surface area contributed by atoms with Gasteiger partial charge in [-0.1, -0.05) is 84.6 Å². The zero-order chi connectivity index (χ0) is 29.3. The third-order valence-corrected chi connectivity index (χ3v) is 7.92. The largest absolute Gasteiger partial charge is 0.379 e. The van der Waals surface area contributed by atoms with Gasteiger partial charge in [0.25, 0.3) is 0 Å². The molecular formula is C35H57NO5. The Bertz CT molecular complexity index is 929. The molecule has 1 aromatic carbocycles. The van der Waals surface area contributed by atoms with E-state index in [9.17, 15) is 0 Å². The van der Waals surface area contributed by atoms with E-state index in [2.05, 4.69) is 81.8 Å². The normalized spacial score (nSPS) is 22.8. The lowest BCUT2D eigenvalue weighted by molar-refractivity contribution is -0.269. The average molecular weight is 572 g/mol. The highest BCUT2D eigenvalue weighted by Gasteiger charge is 2.49. The van der Waals surface area contributed by atoms with E-state index >= 15 is 0 Å². The van der Waals surface area contributed by atoms with E-state index in [4.69, 9.17) is 23.7 Å². The van der Waals surface area contributed by atoms with Gasteiger partial charge in [-0.3, -0.25) is 0 Å². The van der Waals surface area contributed by atoms with Gasteiger partial charge in [0.1, 0.15) is 30.5 Å². The number of unbranched alkanes of at least 4 members (excludes halogenated alkanes) is 4. The monoisotopic (exact) mass is 571 g/mol. The van der Waals surface area contributed by atoms with Gasteiger partial charge < -0.3 is 28.3 Å². The summed E-state index contributed by atoms with van der Waals surface area (Å²) in [6, 6.07) is 13.2. The molecule has 2 aromatic rings. The SMILES string of the molecule is CCCCOC[C@H]1O[C@@H](c2cccn2Cc2ccc(CC)cc2)[C@H](OCCCC)[C@@H](OCCCC)[C@@H]1OCCCC. The minimum absolute atomic E-state index is 0.235. The number of hydrogen-bond donors (Lipinski definition) is 0. The van der Waals surface area contributed by atoms with Crippen LogP contribution in [0.2, 0.25) is 0 Å². The summed E-state index contributed by atoms with van der Waals surface area (Å²) in [5.74, 6) is 0. The Hall–Kier alpha value is -1.70. The smallest absolute Gasteiger partial charge is 0.127 e. The van der Waals surface area contributed by atoms with Crippen molar-refractivity contribution in [3.8, 4) is 0 Å². The summed E-state index contributed by atoms with van der Waals surface area (Å²) in [5.41, 5.74) is 3.74. The highest BCUT2D eigenvalue weighted by Crippen LogP contribution is 2.38. The van der Waals surface area contributed by atoms with Crippen LogP contribution in [0.4, 0.5) is 0 Å². The molecule has 41 heavy (non-hydrogen) atoms. The molecule has 6 nitrogen and oxygen atoms in total. The lowest BCUT2D eigenvalue weighted by Gasteiger charge is -2.46. The van der Waals surface area contributed by atoms with Gasteiger partial charge in [0.05, 0.1) is 6.61 Å². The van der Waals surface area contributed by atoms with Crippen molar-refractivity contribution < 1.29 is 23.7 Å². The second-order valence-corrected chi connectivity index (χ2v) is 11.3. The van der Waals surface area contributed by atoms with Crippen LogP contribution in [0.15, 0.2) is 42.6 Å². The molecule has 1 aliphatic heterocycles. The Kier molecular flexibility index (Phi) is 16.1. The van der Waals surface area contributed by atoms with Crippen LogP contribution < -0.4 is 0 Å². The van der Waals surface area contributed by atoms with Gasteiger partial charge in [-0.25, -0.2) is 0 Å². The van der Waals surface area contributed by atoms with Crippen LogP contribution >= 0.6 is 0 Å². The zero-order valence-electron chi connectivity index (χ0n) is 26.5. The number of benzene rings is 1. The minimum Gasteiger partial charge on any atom is -0.379 e. The fourth-order valence-electron chi connectivity index (χ4n) is 5.30. The molecule has 0 bridgehead atoms. The molecule has 1 saturated heterocycles. The molecule has 1 fully saturated rings. The highest BCUT2D eigenvalue weighted by molar-refractivity contribution is 5.24. The Balaban J connectivity index is 1.94. The summed E-state index contributed by atoms with van der Waals surface area (Å²) in [5, 5.41) is 0. The summed E-state index contributed by atoms with van der Waals surface area (Å²) in [6.45, 7) is 15.0. The van der Waals surface area contributed by atoms with Crippen molar-refractivity contribution >= 4 is 0 Å². The number of aryl methyl sites for hydroxylation is 1. The summed E-state index contributed by atoms with van der Waals surface area (Å²) in [4.78, 5) is 0. The van der Waals surface area contributed by atoms with Crippen LogP contribution in [0.1, 0.15) is 109 Å². The Morgan fingerprint density at radius 1 is 0.659 bits per heavy atom. The Labute approximate surface area is 250 Å². The van der Waals surface area contributed by atoms with Crippen LogP contribution in [0.25, 0.3) is 0 Å². The lowest BCUT2D eigenvalue weighted by Crippen LogP contribution is -2.59. The summed E-state index contributed by atoms with van der Waals surface area (Å²) >= 11 is 0. The van der Waals surface area contributed by atoms with Gasteiger partial charge in [-0.2, -0.15) is 0 Å². The van der Waals surface area contributed by atoms with Crippen molar-refractivity contribution in [2.75, 3.05) is 33.0 Å². The third kappa shape index (κ3) is 10.5. The van der Waals surface area contributed by atoms with Crippen molar-refractivity contribution in [1.82, 2.24) is 4.57 Å². The molecule has 2 heterocycles. The third-order valence-electron chi connectivity index (χ3n) is 7.92. The van der Waals surface area contributed by atoms with Gasteiger partial charge in [0.15, 0.2) is 0 Å². The molecule has 0 N–H and O–H groups in total. The minimum atomic E-state index is -0.283. The van der Waals surface area contributed by atoms with Gasteiger partial charge in [-0.05, 0) is 55.4 Å². The molecule has 6 heteroatoms. The van der Waals surface area contributed by atoms with Crippen LogP contribution in [0.3, 0.4) is 0 Å². The maximum atomic E-state index is 6.97. The first kappa shape index (κ1) is 33.8. The summed E-state index contributed by atoms with van der Waals surface area (Å²) in [6.07, 6.45) is 10.3. The van der Waals surface area contributed by atoms with E-state index in [1.807, 2.05) is 0 Å². The van der Waals surface area contributed by atoms with Gasteiger partial charge in [0.2, 0.25) is 0 Å². The fraction of sp³-hybridized carbons (Fsp3) is 0.714. The molecule has 0 aliphatic carbocycles. The van der Waals surface area contributed by atoms with Crippen LogP contribution in [-0.2, 0) is 36.6 Å². The van der Waals surface area contributed by atoms with E-state index in [0.717, 1.165) is 76.6 Å². The predicted octanol–water partition coefficient (Wildman–Crippen LogP) is 7.91. The average Bonchev–Trinajstić information content (AvgIpc) is 3.45. The van der Waals surface area contributed by atoms with Crippen molar-refractivity contribution in [3.63, 3.8) is 0 Å². The number of ether oxygens (including phenoxy) is 5. The molecule has 232 valence electrons. The van der Waals surface area contributed by atoms with Crippen molar-refractivity contribution in [1.29, 1.82) is 0 Å². The maximum absolute atomic E-state index is 6.97. The second-order valence-electron chi connectivity index (χ2n) is 11.3. The molecule has 5 atom stereocenters. The first-order chi connectivity index (χ1) is 20.2. The van der Waals surface area contributed by atoms with E-state index in [1.54, 1.807) is 0 Å². The Morgan fingerprint density at radius 2 is 1.22 bits per heavy atom. The molecule has 0 unspecified atom stereocenters. The zero-order valence-corrected chi connectivity index (χ0v) is 26.5. The van der Waals surface area contributed by atoms with Crippen molar-refractivity contribution in [2.24, 2.45) is 0 Å². The standard InChI is InChI=1S/C35H57NO5/c1-6-11-22-37-27-31-33(38-23-12-7-2)35(40-25-14-9-4)34(39-24-13-8-3)32(41-31)30-16-15-21-36(30)26-29-19-17-28(10-5)18-20-29/h15-21,31-35H,6-14,22-27H2,1-5H3/t31-,32+,33-,34+,35+/m1/s1. The first-order valence-corrected chi connectivity index (χ1v) is 16.5. The van der Waals surface area contributed by atoms with E-state index in [-0.39, 0.29) is 30.5 Å². The molecule has 1 aliphatic rings.